The predicted octanol–water partition coefficient (Wildman–Crippen LogP) is 2.05. The second kappa shape index (κ2) is 10.3. The van der Waals surface area contributed by atoms with Crippen molar-refractivity contribution >= 4 is 11.6 Å². The molecule has 3 rings (SSSR count). The maximum atomic E-state index is 5.41. The molecule has 2 N–H and O–H groups in total. The van der Waals surface area contributed by atoms with Gasteiger partial charge in [-0.15, -0.1) is 10.2 Å². The van der Waals surface area contributed by atoms with Crippen molar-refractivity contribution in [3.05, 3.63) is 47.9 Å². The number of pyridine rings is 1. The second-order valence-electron chi connectivity index (χ2n) is 6.53. The normalized spacial score (nSPS) is 11.4. The minimum Gasteiger partial charge on any atom is -0.493 e. The number of ether oxygens (including phenoxy) is 3. The Labute approximate surface area is 176 Å². The van der Waals surface area contributed by atoms with Crippen molar-refractivity contribution < 1.29 is 14.2 Å². The van der Waals surface area contributed by atoms with Crippen LogP contribution in [-0.4, -0.2) is 55.5 Å². The van der Waals surface area contributed by atoms with Crippen molar-refractivity contribution in [1.82, 2.24) is 25.2 Å². The van der Waals surface area contributed by atoms with Gasteiger partial charge in [-0.3, -0.25) is 9.39 Å². The lowest BCUT2D eigenvalue weighted by molar-refractivity contribution is 0.323. The van der Waals surface area contributed by atoms with Crippen LogP contribution >= 0.6 is 0 Å². The van der Waals surface area contributed by atoms with E-state index in [0.717, 1.165) is 42.4 Å². The number of hydrogen-bond acceptors (Lipinski definition) is 6. The van der Waals surface area contributed by atoms with E-state index in [4.69, 9.17) is 14.2 Å². The molecule has 0 atom stereocenters. The van der Waals surface area contributed by atoms with Gasteiger partial charge >= 0.3 is 0 Å². The molecular weight excluding hydrogens is 384 g/mol. The number of fused-ring (bicyclic) bond motifs is 1. The first-order valence-electron chi connectivity index (χ1n) is 9.72. The lowest BCUT2D eigenvalue weighted by atomic mass is 10.2. The maximum Gasteiger partial charge on any atom is 0.203 e. The second-order valence-corrected chi connectivity index (χ2v) is 6.53. The van der Waals surface area contributed by atoms with Gasteiger partial charge in [-0.1, -0.05) is 6.07 Å². The van der Waals surface area contributed by atoms with Crippen molar-refractivity contribution in [2.24, 2.45) is 4.99 Å². The number of aryl methyl sites for hydroxylation is 1. The number of methoxy groups -OCH3 is 3. The van der Waals surface area contributed by atoms with Crippen molar-refractivity contribution in [2.75, 3.05) is 34.9 Å². The smallest absolute Gasteiger partial charge is 0.203 e. The Hall–Kier alpha value is -3.49. The molecule has 2 heterocycles. The number of aliphatic imine (C=N–C) groups is 1. The van der Waals surface area contributed by atoms with Crippen molar-refractivity contribution in [2.45, 2.75) is 19.4 Å². The largest absolute Gasteiger partial charge is 0.493 e. The number of nitrogens with zero attached hydrogens (tertiary/aromatic N) is 4. The third-order valence-corrected chi connectivity index (χ3v) is 4.66. The van der Waals surface area contributed by atoms with E-state index in [2.05, 4.69) is 25.8 Å². The van der Waals surface area contributed by atoms with E-state index in [-0.39, 0.29) is 0 Å². The molecule has 0 bridgehead atoms. The zero-order chi connectivity index (χ0) is 21.3. The summed E-state index contributed by atoms with van der Waals surface area (Å²) < 4.78 is 18.2. The first-order chi connectivity index (χ1) is 14.7. The quantitative estimate of drug-likeness (QED) is 0.316. The molecule has 9 heteroatoms. The Morgan fingerprint density at radius 2 is 1.80 bits per heavy atom. The van der Waals surface area contributed by atoms with Gasteiger partial charge in [0.25, 0.3) is 0 Å². The van der Waals surface area contributed by atoms with Crippen LogP contribution in [0.2, 0.25) is 0 Å². The van der Waals surface area contributed by atoms with Gasteiger partial charge in [0, 0.05) is 32.8 Å². The molecule has 0 unspecified atom stereocenters. The molecule has 0 fully saturated rings. The number of nitrogens with one attached hydrogen (secondary N) is 2. The molecule has 0 aliphatic rings. The lowest BCUT2D eigenvalue weighted by Gasteiger charge is -2.16. The molecule has 0 radical (unpaired) electrons. The highest BCUT2D eigenvalue weighted by atomic mass is 16.5. The molecule has 0 saturated heterocycles. The molecule has 160 valence electrons. The third-order valence-electron chi connectivity index (χ3n) is 4.66. The standard InChI is InChI=1S/C21H28N6O3/c1-22-21(23-10-7-9-19-26-25-18-8-5-6-11-27(18)19)24-14-15-12-16(28-2)20(30-4)17(13-15)29-3/h5-6,8,11-13H,7,9-10,14H2,1-4H3,(H2,22,23,24). The highest BCUT2D eigenvalue weighted by Crippen LogP contribution is 2.38. The van der Waals surface area contributed by atoms with E-state index in [1.54, 1.807) is 28.4 Å². The topological polar surface area (TPSA) is 94.3 Å². The van der Waals surface area contributed by atoms with Crippen LogP contribution < -0.4 is 24.8 Å². The molecule has 0 saturated carbocycles. The third kappa shape index (κ3) is 4.91. The van der Waals surface area contributed by atoms with Gasteiger partial charge in [0.1, 0.15) is 5.82 Å². The maximum absolute atomic E-state index is 5.41. The minimum absolute atomic E-state index is 0.561. The van der Waals surface area contributed by atoms with E-state index in [1.165, 1.54) is 0 Å². The monoisotopic (exact) mass is 412 g/mol. The van der Waals surface area contributed by atoms with E-state index in [0.29, 0.717) is 23.8 Å². The average molecular weight is 412 g/mol. The summed E-state index contributed by atoms with van der Waals surface area (Å²) >= 11 is 0. The van der Waals surface area contributed by atoms with E-state index in [9.17, 15) is 0 Å². The molecule has 30 heavy (non-hydrogen) atoms. The van der Waals surface area contributed by atoms with Crippen molar-refractivity contribution in [1.29, 1.82) is 0 Å². The fourth-order valence-corrected chi connectivity index (χ4v) is 3.16. The van der Waals surface area contributed by atoms with E-state index < -0.39 is 0 Å². The van der Waals surface area contributed by atoms with Gasteiger partial charge in [-0.05, 0) is 36.2 Å². The van der Waals surface area contributed by atoms with Crippen LogP contribution in [0, 0.1) is 0 Å². The summed E-state index contributed by atoms with van der Waals surface area (Å²) in [4.78, 5) is 4.28. The van der Waals surface area contributed by atoms with Gasteiger partial charge in [-0.25, -0.2) is 0 Å². The van der Waals surface area contributed by atoms with Crippen LogP contribution in [0.4, 0.5) is 0 Å². The highest BCUT2D eigenvalue weighted by Gasteiger charge is 2.13. The highest BCUT2D eigenvalue weighted by molar-refractivity contribution is 5.79. The summed E-state index contributed by atoms with van der Waals surface area (Å²) in [5, 5.41) is 15.1. The van der Waals surface area contributed by atoms with Crippen LogP contribution in [0.5, 0.6) is 17.2 Å². The van der Waals surface area contributed by atoms with Crippen LogP contribution in [0.1, 0.15) is 17.8 Å². The molecule has 1 aromatic carbocycles. The molecule has 0 aliphatic heterocycles. The van der Waals surface area contributed by atoms with Gasteiger partial charge in [0.05, 0.1) is 21.3 Å². The Bertz CT molecular complexity index is 976. The molecule has 3 aromatic rings. The number of rotatable bonds is 9. The number of hydrogen-bond donors (Lipinski definition) is 2. The van der Waals surface area contributed by atoms with Crippen molar-refractivity contribution in [3.63, 3.8) is 0 Å². The Balaban J connectivity index is 1.51. The number of aromatic nitrogens is 3. The van der Waals surface area contributed by atoms with E-state index >= 15 is 0 Å². The minimum atomic E-state index is 0.561. The predicted molar refractivity (Wildman–Crippen MR) is 116 cm³/mol. The molecule has 0 aliphatic carbocycles. The fourth-order valence-electron chi connectivity index (χ4n) is 3.16. The Morgan fingerprint density at radius 3 is 2.47 bits per heavy atom. The summed E-state index contributed by atoms with van der Waals surface area (Å²) in [5.74, 6) is 3.49. The first-order valence-corrected chi connectivity index (χ1v) is 9.72. The van der Waals surface area contributed by atoms with Crippen molar-refractivity contribution in [3.8, 4) is 17.2 Å². The fraction of sp³-hybridized carbons (Fsp3) is 0.381. The van der Waals surface area contributed by atoms with Gasteiger partial charge in [-0.2, -0.15) is 0 Å². The lowest BCUT2D eigenvalue weighted by Crippen LogP contribution is -2.37. The summed E-state index contributed by atoms with van der Waals surface area (Å²) in [6, 6.07) is 9.71. The molecule has 0 spiro atoms. The SMILES string of the molecule is CN=C(NCCCc1nnc2ccccn12)NCc1cc(OC)c(OC)c(OC)c1. The van der Waals surface area contributed by atoms with Crippen LogP contribution in [0.3, 0.4) is 0 Å². The summed E-state index contributed by atoms with van der Waals surface area (Å²) in [5.41, 5.74) is 1.85. The summed E-state index contributed by atoms with van der Waals surface area (Å²) in [7, 11) is 6.55. The molecule has 0 amide bonds. The zero-order valence-corrected chi connectivity index (χ0v) is 17.8. The van der Waals surface area contributed by atoms with Crippen LogP contribution in [-0.2, 0) is 13.0 Å². The Morgan fingerprint density at radius 1 is 1.03 bits per heavy atom. The molecular formula is C21H28N6O3. The van der Waals surface area contributed by atoms with Gasteiger partial charge < -0.3 is 24.8 Å². The van der Waals surface area contributed by atoms with Crippen LogP contribution in [0.15, 0.2) is 41.5 Å². The Kier molecular flexibility index (Phi) is 7.31. The van der Waals surface area contributed by atoms with Gasteiger partial charge in [0.15, 0.2) is 23.1 Å². The average Bonchev–Trinajstić information content (AvgIpc) is 3.20. The first kappa shape index (κ1) is 21.2. The van der Waals surface area contributed by atoms with E-state index in [1.807, 2.05) is 40.9 Å². The summed E-state index contributed by atoms with van der Waals surface area (Å²) in [6.45, 7) is 1.32. The zero-order valence-electron chi connectivity index (χ0n) is 17.8. The van der Waals surface area contributed by atoms with Gasteiger partial charge in [0.2, 0.25) is 5.75 Å². The molecule has 9 nitrogen and oxygen atoms in total. The molecule has 2 aromatic heterocycles. The number of guanidine groups is 1. The van der Waals surface area contributed by atoms with Crippen LogP contribution in [0.25, 0.3) is 5.65 Å². The number of benzene rings is 1. The summed E-state index contributed by atoms with van der Waals surface area (Å²) in [6.07, 6.45) is 3.71.